The van der Waals surface area contributed by atoms with Gasteiger partial charge in [0.2, 0.25) is 0 Å². The van der Waals surface area contributed by atoms with Gasteiger partial charge in [-0.2, -0.15) is 10.1 Å². The van der Waals surface area contributed by atoms with Crippen molar-refractivity contribution in [3.63, 3.8) is 0 Å². The Balaban J connectivity index is 1.33. The van der Waals surface area contributed by atoms with E-state index in [1.54, 1.807) is 24.4 Å². The third-order valence-corrected chi connectivity index (χ3v) is 5.86. The summed E-state index contributed by atoms with van der Waals surface area (Å²) in [6.07, 6.45) is 3.63. The summed E-state index contributed by atoms with van der Waals surface area (Å²) in [5.41, 5.74) is 3.88. The molecule has 0 saturated heterocycles. The number of halogens is 1. The van der Waals surface area contributed by atoms with Crippen molar-refractivity contribution in [3.8, 4) is 0 Å². The number of oxazole rings is 1. The Kier molecular flexibility index (Phi) is 6.77. The number of fused-ring (bicyclic) bond motifs is 1. The molecule has 0 atom stereocenters. The van der Waals surface area contributed by atoms with Gasteiger partial charge in [-0.25, -0.2) is 0 Å². The maximum Gasteiger partial charge on any atom is 0.295 e. The van der Waals surface area contributed by atoms with Gasteiger partial charge >= 0.3 is 0 Å². The highest BCUT2D eigenvalue weighted by Gasteiger charge is 2.18. The molecular formula is C27H24ClN5O2. The molecule has 1 N–H and O–H groups in total. The number of amides is 1. The number of nitrogens with zero attached hydrogens (tertiary/aromatic N) is 4. The first kappa shape index (κ1) is 22.7. The van der Waals surface area contributed by atoms with Crippen LogP contribution < -0.4 is 5.32 Å². The van der Waals surface area contributed by atoms with Crippen LogP contribution in [0.3, 0.4) is 0 Å². The zero-order chi connectivity index (χ0) is 24.0. The molecule has 3 aromatic carbocycles. The van der Waals surface area contributed by atoms with Crippen LogP contribution in [0.1, 0.15) is 21.5 Å². The van der Waals surface area contributed by atoms with E-state index in [9.17, 15) is 4.79 Å². The van der Waals surface area contributed by atoms with Crippen LogP contribution in [0.25, 0.3) is 11.1 Å². The van der Waals surface area contributed by atoms with Gasteiger partial charge in [-0.15, -0.1) is 0 Å². The minimum absolute atomic E-state index is 0.0701. The minimum Gasteiger partial charge on any atom is -0.424 e. The molecule has 0 aliphatic carbocycles. The van der Waals surface area contributed by atoms with Crippen molar-refractivity contribution in [2.75, 3.05) is 11.9 Å². The van der Waals surface area contributed by atoms with E-state index in [4.69, 9.17) is 16.0 Å². The number of hydrogen-bond donors (Lipinski definition) is 1. The van der Waals surface area contributed by atoms with Crippen molar-refractivity contribution in [2.24, 2.45) is 0 Å². The van der Waals surface area contributed by atoms with Gasteiger partial charge in [0.25, 0.3) is 11.9 Å². The standard InChI is InChI=1S/C27H24ClN5O2/c28-23-9-4-8-21(16-23)18-29-27-31-24-17-22(10-11-25(24)35-27)26(34)32(14-15-33-13-5-12-30-33)19-20-6-2-1-3-7-20/h1-13,16-17H,14-15,18-19H2,(H,29,31). The Hall–Kier alpha value is -4.10. The topological polar surface area (TPSA) is 76.2 Å². The Bertz CT molecular complexity index is 1420. The van der Waals surface area contributed by atoms with E-state index in [2.05, 4.69) is 15.4 Å². The molecule has 0 aliphatic rings. The first-order valence-corrected chi connectivity index (χ1v) is 11.7. The van der Waals surface area contributed by atoms with Crippen molar-refractivity contribution in [2.45, 2.75) is 19.6 Å². The summed E-state index contributed by atoms with van der Waals surface area (Å²) in [5.74, 6) is -0.0701. The van der Waals surface area contributed by atoms with E-state index in [1.165, 1.54) is 0 Å². The van der Waals surface area contributed by atoms with Crippen LogP contribution in [0.4, 0.5) is 6.01 Å². The van der Waals surface area contributed by atoms with E-state index in [1.807, 2.05) is 76.4 Å². The Morgan fingerprint density at radius 2 is 1.86 bits per heavy atom. The highest BCUT2D eigenvalue weighted by atomic mass is 35.5. The molecular weight excluding hydrogens is 462 g/mol. The number of rotatable bonds is 9. The minimum atomic E-state index is -0.0701. The lowest BCUT2D eigenvalue weighted by atomic mass is 10.1. The van der Waals surface area contributed by atoms with Crippen molar-refractivity contribution >= 4 is 34.6 Å². The molecule has 8 heteroatoms. The molecule has 0 spiro atoms. The van der Waals surface area contributed by atoms with Crippen LogP contribution in [0.5, 0.6) is 0 Å². The molecule has 0 bridgehead atoms. The summed E-state index contributed by atoms with van der Waals surface area (Å²) in [7, 11) is 0. The van der Waals surface area contributed by atoms with E-state index in [-0.39, 0.29) is 5.91 Å². The quantitative estimate of drug-likeness (QED) is 0.292. The molecule has 5 aromatic rings. The number of hydrogen-bond acceptors (Lipinski definition) is 5. The second-order valence-corrected chi connectivity index (χ2v) is 8.60. The second-order valence-electron chi connectivity index (χ2n) is 8.17. The molecule has 0 aliphatic heterocycles. The van der Waals surface area contributed by atoms with Crippen LogP contribution in [-0.2, 0) is 19.6 Å². The normalized spacial score (nSPS) is 11.0. The highest BCUT2D eigenvalue weighted by molar-refractivity contribution is 6.30. The molecule has 0 unspecified atom stereocenters. The van der Waals surface area contributed by atoms with Crippen molar-refractivity contribution in [3.05, 3.63) is 113 Å². The summed E-state index contributed by atoms with van der Waals surface area (Å²) in [6.45, 7) is 2.16. The lowest BCUT2D eigenvalue weighted by molar-refractivity contribution is 0.0735. The molecule has 0 radical (unpaired) electrons. The van der Waals surface area contributed by atoms with Gasteiger partial charge in [0, 0.05) is 42.6 Å². The average Bonchev–Trinajstić information content (AvgIpc) is 3.55. The number of aromatic nitrogens is 3. The van der Waals surface area contributed by atoms with E-state index >= 15 is 0 Å². The largest absolute Gasteiger partial charge is 0.424 e. The third kappa shape index (κ3) is 5.70. The fraction of sp³-hybridized carbons (Fsp3) is 0.148. The van der Waals surface area contributed by atoms with Gasteiger partial charge < -0.3 is 14.6 Å². The number of benzene rings is 3. The van der Waals surface area contributed by atoms with Crippen molar-refractivity contribution in [1.82, 2.24) is 19.7 Å². The van der Waals surface area contributed by atoms with Gasteiger partial charge in [-0.3, -0.25) is 9.48 Å². The third-order valence-electron chi connectivity index (χ3n) is 5.63. The number of anilines is 1. The van der Waals surface area contributed by atoms with Crippen LogP contribution in [0.2, 0.25) is 5.02 Å². The predicted octanol–water partition coefficient (Wildman–Crippen LogP) is 5.63. The van der Waals surface area contributed by atoms with E-state index in [0.29, 0.717) is 53.9 Å². The number of nitrogens with one attached hydrogen (secondary N) is 1. The summed E-state index contributed by atoms with van der Waals surface area (Å²) in [6, 6.07) is 25.2. The first-order chi connectivity index (χ1) is 17.1. The molecule has 7 nitrogen and oxygen atoms in total. The van der Waals surface area contributed by atoms with Gasteiger partial charge in [0.1, 0.15) is 5.52 Å². The lowest BCUT2D eigenvalue weighted by Crippen LogP contribution is -2.33. The molecule has 2 aromatic heterocycles. The molecule has 0 fully saturated rings. The zero-order valence-corrected chi connectivity index (χ0v) is 19.7. The summed E-state index contributed by atoms with van der Waals surface area (Å²) >= 11 is 6.06. The molecule has 176 valence electrons. The molecule has 2 heterocycles. The Morgan fingerprint density at radius 3 is 2.66 bits per heavy atom. The molecule has 1 amide bonds. The van der Waals surface area contributed by atoms with Crippen LogP contribution in [-0.4, -0.2) is 32.1 Å². The summed E-state index contributed by atoms with van der Waals surface area (Å²) in [5, 5.41) is 8.11. The number of carbonyl (C=O) groups excluding carboxylic acids is 1. The fourth-order valence-electron chi connectivity index (χ4n) is 3.86. The first-order valence-electron chi connectivity index (χ1n) is 11.3. The summed E-state index contributed by atoms with van der Waals surface area (Å²) in [4.78, 5) is 19.9. The smallest absolute Gasteiger partial charge is 0.295 e. The summed E-state index contributed by atoms with van der Waals surface area (Å²) < 4.78 is 7.64. The molecule has 35 heavy (non-hydrogen) atoms. The van der Waals surface area contributed by atoms with Gasteiger partial charge in [0.15, 0.2) is 5.58 Å². The van der Waals surface area contributed by atoms with Crippen LogP contribution in [0.15, 0.2) is 95.7 Å². The monoisotopic (exact) mass is 485 g/mol. The SMILES string of the molecule is O=C(c1ccc2oc(NCc3cccc(Cl)c3)nc2c1)N(CCn1cccn1)Cc1ccccc1. The maximum absolute atomic E-state index is 13.5. The van der Waals surface area contributed by atoms with Gasteiger partial charge in [-0.05, 0) is 47.5 Å². The highest BCUT2D eigenvalue weighted by Crippen LogP contribution is 2.22. The number of carbonyl (C=O) groups is 1. The maximum atomic E-state index is 13.5. The molecule has 5 rings (SSSR count). The van der Waals surface area contributed by atoms with Crippen LogP contribution >= 0.6 is 11.6 Å². The second kappa shape index (κ2) is 10.4. The van der Waals surface area contributed by atoms with E-state index in [0.717, 1.165) is 11.1 Å². The Labute approximate surface area is 208 Å². The zero-order valence-electron chi connectivity index (χ0n) is 19.0. The van der Waals surface area contributed by atoms with Gasteiger partial charge in [0.05, 0.1) is 6.54 Å². The van der Waals surface area contributed by atoms with Gasteiger partial charge in [-0.1, -0.05) is 54.1 Å². The van der Waals surface area contributed by atoms with Crippen molar-refractivity contribution < 1.29 is 9.21 Å². The molecule has 0 saturated carbocycles. The lowest BCUT2D eigenvalue weighted by Gasteiger charge is -2.23. The van der Waals surface area contributed by atoms with Crippen LogP contribution in [0, 0.1) is 0 Å². The average molecular weight is 486 g/mol. The fourth-order valence-corrected chi connectivity index (χ4v) is 4.07. The predicted molar refractivity (Wildman–Crippen MR) is 136 cm³/mol. The Morgan fingerprint density at radius 1 is 1.00 bits per heavy atom. The van der Waals surface area contributed by atoms with Crippen molar-refractivity contribution in [1.29, 1.82) is 0 Å². The van der Waals surface area contributed by atoms with E-state index < -0.39 is 0 Å².